The van der Waals surface area contributed by atoms with Gasteiger partial charge in [0.25, 0.3) is 0 Å². The predicted octanol–water partition coefficient (Wildman–Crippen LogP) is 0.344. The first-order valence-corrected chi connectivity index (χ1v) is 4.48. The second-order valence-corrected chi connectivity index (χ2v) is 3.32. The Labute approximate surface area is 90.3 Å². The quantitative estimate of drug-likeness (QED) is 0.477. The monoisotopic (exact) mass is 241 g/mol. The minimum absolute atomic E-state index is 0.143. The molecule has 0 rings (SSSR count). The minimum Gasteiger partial charge on any atom is -0.480 e. The number of hydrogen-bond donors (Lipinski definition) is 3. The van der Waals surface area contributed by atoms with Gasteiger partial charge in [-0.2, -0.15) is 13.2 Å². The zero-order valence-corrected chi connectivity index (χ0v) is 8.66. The Morgan fingerprint density at radius 2 is 2.00 bits per heavy atom. The molecule has 0 saturated heterocycles. The van der Waals surface area contributed by atoms with Gasteiger partial charge in [0.2, 0.25) is 0 Å². The molecule has 2 unspecified atom stereocenters. The lowest BCUT2D eigenvalue weighted by atomic mass is 9.96. The van der Waals surface area contributed by atoms with Crippen molar-refractivity contribution in [2.45, 2.75) is 25.6 Å². The number of carbonyl (C=O) groups is 1. The first-order valence-electron chi connectivity index (χ1n) is 4.48. The molecule has 5 nitrogen and oxygen atoms in total. The molecule has 0 fully saturated rings. The van der Waals surface area contributed by atoms with Crippen LogP contribution in [0.25, 0.3) is 0 Å². The Morgan fingerprint density at radius 3 is 2.31 bits per heavy atom. The smallest absolute Gasteiger partial charge is 0.393 e. The van der Waals surface area contributed by atoms with E-state index in [9.17, 15) is 18.0 Å². The van der Waals surface area contributed by atoms with E-state index in [2.05, 4.69) is 4.99 Å². The molecule has 0 amide bonds. The van der Waals surface area contributed by atoms with Crippen molar-refractivity contribution in [1.29, 1.82) is 0 Å². The third-order valence-corrected chi connectivity index (χ3v) is 1.94. The summed E-state index contributed by atoms with van der Waals surface area (Å²) < 4.78 is 37.3. The summed E-state index contributed by atoms with van der Waals surface area (Å²) in [5, 5.41) is 8.44. The van der Waals surface area contributed by atoms with Crippen molar-refractivity contribution in [3.05, 3.63) is 0 Å². The van der Waals surface area contributed by atoms with E-state index in [0.29, 0.717) is 0 Å². The maximum atomic E-state index is 12.4. The van der Waals surface area contributed by atoms with Gasteiger partial charge in [0.05, 0.1) is 11.8 Å². The van der Waals surface area contributed by atoms with Crippen LogP contribution in [0.15, 0.2) is 4.99 Å². The third-order valence-electron chi connectivity index (χ3n) is 1.94. The van der Waals surface area contributed by atoms with Gasteiger partial charge in [0.15, 0.2) is 0 Å². The lowest BCUT2D eigenvalue weighted by molar-refractivity contribution is -0.188. The van der Waals surface area contributed by atoms with Crippen molar-refractivity contribution >= 4 is 11.8 Å². The van der Waals surface area contributed by atoms with Gasteiger partial charge in [-0.3, -0.25) is 9.79 Å². The Bertz CT molecular complexity index is 274. The third kappa shape index (κ3) is 4.96. The average molecular weight is 241 g/mol. The van der Waals surface area contributed by atoms with Crippen molar-refractivity contribution in [3.63, 3.8) is 0 Å². The van der Waals surface area contributed by atoms with Gasteiger partial charge in [0, 0.05) is 6.54 Å². The van der Waals surface area contributed by atoms with E-state index in [1.165, 1.54) is 6.92 Å². The second kappa shape index (κ2) is 5.69. The topological polar surface area (TPSA) is 102 Å². The van der Waals surface area contributed by atoms with E-state index >= 15 is 0 Å². The van der Waals surface area contributed by atoms with Crippen molar-refractivity contribution in [2.24, 2.45) is 22.4 Å². The summed E-state index contributed by atoms with van der Waals surface area (Å²) in [7, 11) is 0. The van der Waals surface area contributed by atoms with Gasteiger partial charge in [-0.05, 0) is 13.3 Å². The molecular formula is C8H14F3N3O2. The molecule has 0 aliphatic carbocycles. The van der Waals surface area contributed by atoms with E-state index in [1.54, 1.807) is 0 Å². The van der Waals surface area contributed by atoms with Crippen LogP contribution in [0.1, 0.15) is 13.3 Å². The Balaban J connectivity index is 4.58. The fraction of sp³-hybridized carbons (Fsp3) is 0.750. The number of nitrogens with two attached hydrogens (primary N) is 2. The largest absolute Gasteiger partial charge is 0.480 e. The molecule has 0 aromatic carbocycles. The lowest BCUT2D eigenvalue weighted by Gasteiger charge is -2.22. The van der Waals surface area contributed by atoms with Crippen molar-refractivity contribution in [1.82, 2.24) is 0 Å². The zero-order chi connectivity index (χ0) is 12.9. The number of halogens is 3. The second-order valence-electron chi connectivity index (χ2n) is 3.32. The Kier molecular flexibility index (Phi) is 5.22. The van der Waals surface area contributed by atoms with Crippen LogP contribution in [-0.2, 0) is 4.79 Å². The van der Waals surface area contributed by atoms with Crippen molar-refractivity contribution < 1.29 is 23.1 Å². The van der Waals surface area contributed by atoms with E-state index < -0.39 is 30.5 Å². The van der Waals surface area contributed by atoms with E-state index in [-0.39, 0.29) is 12.4 Å². The minimum atomic E-state index is -4.66. The summed E-state index contributed by atoms with van der Waals surface area (Å²) in [5.41, 5.74) is 10.1. The van der Waals surface area contributed by atoms with Crippen LogP contribution in [0.2, 0.25) is 0 Å². The number of amidine groups is 1. The number of aliphatic imine (C=N–C) groups is 1. The number of carboxylic acid groups (broad SMARTS) is 1. The number of aliphatic carboxylic acids is 1. The molecule has 0 bridgehead atoms. The summed E-state index contributed by atoms with van der Waals surface area (Å²) >= 11 is 0. The SMILES string of the molecule is CC(N)=NCCC(C(N)C(=O)O)C(F)(F)F. The van der Waals surface area contributed by atoms with Gasteiger partial charge in [0.1, 0.15) is 6.04 Å². The molecule has 0 saturated carbocycles. The summed E-state index contributed by atoms with van der Waals surface area (Å²) in [4.78, 5) is 14.0. The molecule has 0 aliphatic heterocycles. The maximum absolute atomic E-state index is 12.4. The van der Waals surface area contributed by atoms with Crippen molar-refractivity contribution in [2.75, 3.05) is 6.54 Å². The van der Waals surface area contributed by atoms with Gasteiger partial charge >= 0.3 is 12.1 Å². The first-order chi connectivity index (χ1) is 7.16. The highest BCUT2D eigenvalue weighted by molar-refractivity contribution is 5.77. The van der Waals surface area contributed by atoms with Crippen LogP contribution in [0.3, 0.4) is 0 Å². The number of nitrogens with zero attached hydrogens (tertiary/aromatic N) is 1. The van der Waals surface area contributed by atoms with Gasteiger partial charge in [-0.15, -0.1) is 0 Å². The van der Waals surface area contributed by atoms with Crippen LogP contribution in [0, 0.1) is 5.92 Å². The number of alkyl halides is 3. The lowest BCUT2D eigenvalue weighted by Crippen LogP contribution is -2.45. The van der Waals surface area contributed by atoms with Crippen LogP contribution < -0.4 is 11.5 Å². The molecule has 5 N–H and O–H groups in total. The Hall–Kier alpha value is -1.31. The molecular weight excluding hydrogens is 227 g/mol. The highest BCUT2D eigenvalue weighted by atomic mass is 19.4. The molecule has 2 atom stereocenters. The van der Waals surface area contributed by atoms with Gasteiger partial charge < -0.3 is 16.6 Å². The Morgan fingerprint density at radius 1 is 1.50 bits per heavy atom. The fourth-order valence-electron chi connectivity index (χ4n) is 1.10. The molecule has 0 aromatic rings. The molecule has 94 valence electrons. The summed E-state index contributed by atoms with van der Waals surface area (Å²) in [6.07, 6.45) is -5.15. The highest BCUT2D eigenvalue weighted by Crippen LogP contribution is 2.31. The van der Waals surface area contributed by atoms with E-state index in [1.807, 2.05) is 0 Å². The molecule has 0 spiro atoms. The van der Waals surface area contributed by atoms with Crippen LogP contribution >= 0.6 is 0 Å². The average Bonchev–Trinajstić information content (AvgIpc) is 2.08. The maximum Gasteiger partial charge on any atom is 0.393 e. The molecule has 0 radical (unpaired) electrons. The number of rotatable bonds is 5. The van der Waals surface area contributed by atoms with E-state index in [0.717, 1.165) is 0 Å². The van der Waals surface area contributed by atoms with Gasteiger partial charge in [-0.25, -0.2) is 0 Å². The summed E-state index contributed by atoms with van der Waals surface area (Å²) in [6.45, 7) is 1.23. The molecule has 0 aromatic heterocycles. The number of carboxylic acids is 1. The van der Waals surface area contributed by atoms with Crippen LogP contribution in [-0.4, -0.2) is 35.7 Å². The normalized spacial score (nSPS) is 16.9. The number of hydrogen-bond acceptors (Lipinski definition) is 3. The van der Waals surface area contributed by atoms with E-state index in [4.69, 9.17) is 16.6 Å². The molecule has 0 aliphatic rings. The summed E-state index contributed by atoms with van der Waals surface area (Å²) in [6, 6.07) is -1.98. The zero-order valence-electron chi connectivity index (χ0n) is 8.66. The van der Waals surface area contributed by atoms with Gasteiger partial charge in [-0.1, -0.05) is 0 Å². The molecule has 8 heteroatoms. The van der Waals surface area contributed by atoms with Crippen LogP contribution in [0.4, 0.5) is 13.2 Å². The van der Waals surface area contributed by atoms with Crippen LogP contribution in [0.5, 0.6) is 0 Å². The molecule has 16 heavy (non-hydrogen) atoms. The van der Waals surface area contributed by atoms with Crippen molar-refractivity contribution in [3.8, 4) is 0 Å². The first kappa shape index (κ1) is 14.7. The highest BCUT2D eigenvalue weighted by Gasteiger charge is 2.45. The fourth-order valence-corrected chi connectivity index (χ4v) is 1.10. The standard InChI is InChI=1S/C8H14F3N3O2/c1-4(12)14-3-2-5(8(9,10)11)6(13)7(15)16/h5-6H,2-3,13H2,1H3,(H2,12,14)(H,15,16). The predicted molar refractivity (Wildman–Crippen MR) is 51.9 cm³/mol. The molecule has 0 heterocycles. The summed E-state index contributed by atoms with van der Waals surface area (Å²) in [5.74, 6) is -3.66.